The van der Waals surface area contributed by atoms with Gasteiger partial charge in [0.05, 0.1) is 12.3 Å². The number of carbonyl (C=O) groups excluding carboxylic acids is 1. The van der Waals surface area contributed by atoms with Crippen molar-refractivity contribution in [3.05, 3.63) is 54.5 Å². The average Bonchev–Trinajstić information content (AvgIpc) is 3.48. The van der Waals surface area contributed by atoms with Crippen molar-refractivity contribution < 1.29 is 47.6 Å². The van der Waals surface area contributed by atoms with Crippen LogP contribution in [0.1, 0.15) is 38.5 Å². The van der Waals surface area contributed by atoms with Crippen molar-refractivity contribution in [2.45, 2.75) is 56.6 Å². The predicted octanol–water partition coefficient (Wildman–Crippen LogP) is 2.24. The molecule has 0 spiro atoms. The number of nitrogens with zero attached hydrogens (tertiary/aromatic N) is 3. The number of alkyl halides is 1. The number of ether oxygens (including phenoxy) is 1. The van der Waals surface area contributed by atoms with Gasteiger partial charge in [0.15, 0.2) is 5.82 Å². The molecule has 222 valence electrons. The lowest BCUT2D eigenvalue weighted by molar-refractivity contribution is -0.138. The van der Waals surface area contributed by atoms with Gasteiger partial charge in [0.2, 0.25) is 5.91 Å². The van der Waals surface area contributed by atoms with Gasteiger partial charge in [-0.15, -0.1) is 0 Å². The molecule has 41 heavy (non-hydrogen) atoms. The molecule has 3 aromatic rings. The maximum atomic E-state index is 14.6. The van der Waals surface area contributed by atoms with Crippen LogP contribution < -0.4 is 14.9 Å². The van der Waals surface area contributed by atoms with E-state index in [4.69, 9.17) is 13.8 Å². The third-order valence-corrected chi connectivity index (χ3v) is 8.06. The Morgan fingerprint density at radius 1 is 1.24 bits per heavy atom. The molecule has 0 saturated carbocycles. The van der Waals surface area contributed by atoms with Crippen molar-refractivity contribution in [1.29, 1.82) is 0 Å². The number of para-hydroxylation sites is 1. The Hall–Kier alpha value is -3.46. The van der Waals surface area contributed by atoms with E-state index in [1.165, 1.54) is 36.0 Å². The number of nitrogens with one attached hydrogen (secondary N) is 2. The fourth-order valence-corrected chi connectivity index (χ4v) is 5.81. The Labute approximate surface area is 234 Å². The molecule has 14 nitrogen and oxygen atoms in total. The number of aliphatic carboxylic acids is 1. The highest BCUT2D eigenvalue weighted by Crippen LogP contribution is 2.48. The van der Waals surface area contributed by atoms with E-state index in [1.54, 1.807) is 24.3 Å². The molecule has 2 aromatic heterocycles. The van der Waals surface area contributed by atoms with E-state index in [0.29, 0.717) is 11.9 Å². The number of amides is 1. The first-order valence-electron chi connectivity index (χ1n) is 12.7. The van der Waals surface area contributed by atoms with Gasteiger partial charge in [-0.2, -0.15) is 10.2 Å². The number of fused-ring (bicyclic) bond motifs is 1. The molecule has 1 unspecified atom stereocenters. The second kappa shape index (κ2) is 12.6. The molecule has 6 atom stereocenters. The summed E-state index contributed by atoms with van der Waals surface area (Å²) >= 11 is 0. The zero-order valence-electron chi connectivity index (χ0n) is 22.2. The van der Waals surface area contributed by atoms with Crippen molar-refractivity contribution in [3.63, 3.8) is 0 Å². The molecule has 0 radical (unpaired) electrons. The molecule has 1 aliphatic rings. The zero-order valence-corrected chi connectivity index (χ0v) is 23.1. The van der Waals surface area contributed by atoms with E-state index in [9.17, 15) is 33.9 Å². The molecule has 1 saturated heterocycles. The van der Waals surface area contributed by atoms with E-state index in [0.717, 1.165) is 0 Å². The summed E-state index contributed by atoms with van der Waals surface area (Å²) < 4.78 is 46.2. The fraction of sp³-hybridized carbons (Fsp3) is 0.440. The van der Waals surface area contributed by atoms with E-state index < -0.39 is 57.0 Å². The number of hydrogen-bond acceptors (Lipinski definition) is 10. The molecule has 3 heterocycles. The van der Waals surface area contributed by atoms with Crippen LogP contribution >= 0.6 is 7.75 Å². The third kappa shape index (κ3) is 6.56. The van der Waals surface area contributed by atoms with Crippen LogP contribution in [-0.4, -0.2) is 78.9 Å². The summed E-state index contributed by atoms with van der Waals surface area (Å²) in [7, 11) is -4.49. The molecule has 0 bridgehead atoms. The molecule has 16 heteroatoms. The Kier molecular flexibility index (Phi) is 9.37. The van der Waals surface area contributed by atoms with Gasteiger partial charge in [-0.3, -0.25) is 14.1 Å². The molecule has 4 rings (SSSR count). The predicted molar refractivity (Wildman–Crippen MR) is 142 cm³/mol. The number of carbonyl (C=O) groups is 2. The van der Waals surface area contributed by atoms with Gasteiger partial charge in [-0.05, 0) is 37.6 Å². The van der Waals surface area contributed by atoms with E-state index >= 15 is 0 Å². The normalized spacial score (nSPS) is 24.6. The molecule has 1 amide bonds. The fourth-order valence-electron chi connectivity index (χ4n) is 4.26. The van der Waals surface area contributed by atoms with E-state index in [-0.39, 0.29) is 29.6 Å². The second-order valence-electron chi connectivity index (χ2n) is 9.50. The van der Waals surface area contributed by atoms with Crippen LogP contribution in [0.3, 0.4) is 0 Å². The van der Waals surface area contributed by atoms with Crippen LogP contribution in [0.25, 0.3) is 5.52 Å². The smallest absolute Gasteiger partial charge is 0.459 e. The minimum atomic E-state index is -4.49. The van der Waals surface area contributed by atoms with Gasteiger partial charge >= 0.3 is 13.7 Å². The number of rotatable bonds is 13. The second-order valence-corrected chi connectivity index (χ2v) is 11.2. The lowest BCUT2D eigenvalue weighted by Gasteiger charge is -2.31. The highest BCUT2D eigenvalue weighted by Gasteiger charge is 2.57. The first-order chi connectivity index (χ1) is 19.5. The number of carboxylic acids is 1. The van der Waals surface area contributed by atoms with Crippen LogP contribution in [0.4, 0.5) is 10.2 Å². The van der Waals surface area contributed by atoms with Crippen molar-refractivity contribution in [2.24, 2.45) is 0 Å². The molecular weight excluding hydrogens is 564 g/mol. The number of aromatic nitrogens is 3. The van der Waals surface area contributed by atoms with Gasteiger partial charge in [0, 0.05) is 6.42 Å². The Morgan fingerprint density at radius 3 is 2.63 bits per heavy atom. The monoisotopic (exact) mass is 595 g/mol. The summed E-state index contributed by atoms with van der Waals surface area (Å²) in [6.07, 6.45) is -2.80. The maximum absolute atomic E-state index is 14.6. The first kappa shape index (κ1) is 30.5. The molecule has 1 aliphatic heterocycles. The van der Waals surface area contributed by atoms with Gasteiger partial charge < -0.3 is 29.9 Å². The van der Waals surface area contributed by atoms with Crippen LogP contribution in [0.5, 0.6) is 5.75 Å². The summed E-state index contributed by atoms with van der Waals surface area (Å²) in [5.74, 6) is -1.34. The van der Waals surface area contributed by atoms with Gasteiger partial charge in [0.1, 0.15) is 54.2 Å². The highest BCUT2D eigenvalue weighted by atomic mass is 31.2. The lowest BCUT2D eigenvalue weighted by atomic mass is 9.96. The quantitative estimate of drug-likeness (QED) is 0.181. The molecule has 1 fully saturated rings. The Bertz CT molecular complexity index is 1430. The lowest BCUT2D eigenvalue weighted by Crippen LogP contribution is -2.49. The number of aliphatic hydroxyl groups is 2. The average molecular weight is 596 g/mol. The van der Waals surface area contributed by atoms with Gasteiger partial charge in [-0.1, -0.05) is 25.1 Å². The molecule has 0 aliphatic carbocycles. The van der Waals surface area contributed by atoms with Crippen LogP contribution in [0.2, 0.25) is 0 Å². The third-order valence-electron chi connectivity index (χ3n) is 6.44. The summed E-state index contributed by atoms with van der Waals surface area (Å²) in [5, 5.41) is 40.2. The van der Waals surface area contributed by atoms with Crippen LogP contribution in [0.15, 0.2) is 48.8 Å². The SMILES string of the molecule is CCCC(=O)Nc1ncnn2c([C@@H]3O[C@](CF)(CO[P@@](=O)(NC(C)C(=O)O)Oc4ccccc4)[C@@H](O)[C@H]3O)ccc12. The summed E-state index contributed by atoms with van der Waals surface area (Å²) in [6.45, 7) is 0.790. The number of benzene rings is 1. The Morgan fingerprint density at radius 2 is 1.98 bits per heavy atom. The summed E-state index contributed by atoms with van der Waals surface area (Å²) in [4.78, 5) is 27.6. The van der Waals surface area contributed by atoms with Gasteiger partial charge in [-0.25, -0.2) is 18.5 Å². The molecular formula is C25H31FN5O9P. The van der Waals surface area contributed by atoms with Crippen LogP contribution in [-0.2, 0) is 23.4 Å². The summed E-state index contributed by atoms with van der Waals surface area (Å²) in [5.41, 5.74) is -1.65. The van der Waals surface area contributed by atoms with Crippen molar-refractivity contribution in [1.82, 2.24) is 19.7 Å². The highest BCUT2D eigenvalue weighted by molar-refractivity contribution is 7.52. The standard InChI is InChI=1S/C25H31FN5O9P/c1-3-7-19(32)29-23-18-11-10-17(31(18)28-14-27-23)21-20(33)22(34)25(12-26,39-21)13-38-41(37,30-15(2)24(35)36)40-16-8-5-4-6-9-16/h4-6,8-11,14-15,20-22,33-34H,3,7,12-13H2,1-2H3,(H,30,37)(H,35,36)(H,27,28,29,32)/t15?,20-,21-,22-,25+,41-/m0/s1. The van der Waals surface area contributed by atoms with E-state index in [1.807, 2.05) is 6.92 Å². The summed E-state index contributed by atoms with van der Waals surface area (Å²) in [6, 6.07) is 9.42. The maximum Gasteiger partial charge on any atom is 0.459 e. The van der Waals surface area contributed by atoms with Gasteiger partial charge in [0.25, 0.3) is 0 Å². The topological polar surface area (TPSA) is 194 Å². The largest absolute Gasteiger partial charge is 0.480 e. The number of halogens is 1. The minimum absolute atomic E-state index is 0.0715. The van der Waals surface area contributed by atoms with Crippen molar-refractivity contribution in [3.8, 4) is 5.75 Å². The van der Waals surface area contributed by atoms with Crippen molar-refractivity contribution >= 4 is 31.0 Å². The molecule has 5 N–H and O–H groups in total. The molecule has 1 aromatic carbocycles. The number of anilines is 1. The Balaban J connectivity index is 1.59. The first-order valence-corrected chi connectivity index (χ1v) is 14.3. The minimum Gasteiger partial charge on any atom is -0.480 e. The number of hydrogen-bond donors (Lipinski definition) is 5. The van der Waals surface area contributed by atoms with Crippen LogP contribution in [0, 0.1) is 0 Å². The van der Waals surface area contributed by atoms with E-state index in [2.05, 4.69) is 20.5 Å². The van der Waals surface area contributed by atoms with Crippen molar-refractivity contribution in [2.75, 3.05) is 18.6 Å². The number of carboxylic acid groups (broad SMARTS) is 1. The zero-order chi connectivity index (χ0) is 29.8. The number of aliphatic hydroxyl groups excluding tert-OH is 2.